The minimum Gasteiger partial charge on any atom is -0.297 e. The molecule has 0 bridgehead atoms. The Balaban J connectivity index is 2.65. The van der Waals surface area contributed by atoms with Gasteiger partial charge < -0.3 is 0 Å². The Hall–Kier alpha value is -1.15. The third-order valence-corrected chi connectivity index (χ3v) is 3.79. The minimum atomic E-state index is -3.94. The Morgan fingerprint density at radius 3 is 2.30 bits per heavy atom. The van der Waals surface area contributed by atoms with Gasteiger partial charge in [0, 0.05) is 22.2 Å². The molecule has 0 radical (unpaired) electrons. The number of nitrogens with zero attached hydrogens (tertiary/aromatic N) is 3. The van der Waals surface area contributed by atoms with E-state index >= 15 is 0 Å². The number of hydrogen-bond donors (Lipinski definition) is 1. The van der Waals surface area contributed by atoms with Crippen molar-refractivity contribution in [2.45, 2.75) is 25.0 Å². The molecular weight excluding hydrogens is 323 g/mol. The summed E-state index contributed by atoms with van der Waals surface area (Å²) in [5, 5.41) is 13.3. The standard InChI is InChI=1S/C11H12Cl2N4O2S/c1-2-3-17-10(15-16-11(17)20(14,18)19)7-4-8(12)6-9(13)5-7/h4-6H,2-3H2,1H3,(H2,14,18,19). The summed E-state index contributed by atoms with van der Waals surface area (Å²) < 4.78 is 24.5. The predicted molar refractivity (Wildman–Crippen MR) is 77.1 cm³/mol. The van der Waals surface area contributed by atoms with Crippen LogP contribution in [0.1, 0.15) is 13.3 Å². The van der Waals surface area contributed by atoms with Crippen LogP contribution < -0.4 is 5.14 Å². The van der Waals surface area contributed by atoms with Gasteiger partial charge in [-0.3, -0.25) is 4.57 Å². The molecule has 2 rings (SSSR count). The Bertz CT molecular complexity index is 723. The van der Waals surface area contributed by atoms with Crippen LogP contribution in [0.5, 0.6) is 0 Å². The van der Waals surface area contributed by atoms with Gasteiger partial charge in [0.15, 0.2) is 5.82 Å². The maximum absolute atomic E-state index is 11.5. The van der Waals surface area contributed by atoms with Crippen LogP contribution in [0.2, 0.25) is 10.0 Å². The zero-order valence-electron chi connectivity index (χ0n) is 10.5. The molecule has 6 nitrogen and oxygen atoms in total. The topological polar surface area (TPSA) is 90.9 Å². The molecule has 0 spiro atoms. The fourth-order valence-corrected chi connectivity index (χ4v) is 2.99. The molecule has 2 aromatic rings. The highest BCUT2D eigenvalue weighted by atomic mass is 35.5. The largest absolute Gasteiger partial charge is 0.297 e. The minimum absolute atomic E-state index is 0.273. The highest BCUT2D eigenvalue weighted by Crippen LogP contribution is 2.27. The van der Waals surface area contributed by atoms with Crippen molar-refractivity contribution in [3.63, 3.8) is 0 Å². The van der Waals surface area contributed by atoms with Gasteiger partial charge in [-0.05, 0) is 24.6 Å². The van der Waals surface area contributed by atoms with Crippen molar-refractivity contribution in [2.75, 3.05) is 0 Å². The highest BCUT2D eigenvalue weighted by molar-refractivity contribution is 7.89. The second kappa shape index (κ2) is 5.69. The second-order valence-corrected chi connectivity index (χ2v) is 6.49. The number of sulfonamides is 1. The molecule has 0 unspecified atom stereocenters. The number of benzene rings is 1. The summed E-state index contributed by atoms with van der Waals surface area (Å²) >= 11 is 11.9. The van der Waals surface area contributed by atoms with Crippen LogP contribution in [0.3, 0.4) is 0 Å². The summed E-state index contributed by atoms with van der Waals surface area (Å²) in [4.78, 5) is 0. The average Bonchev–Trinajstić information content (AvgIpc) is 2.71. The van der Waals surface area contributed by atoms with E-state index < -0.39 is 10.0 Å². The molecule has 0 aliphatic heterocycles. The molecule has 0 amide bonds. The fraction of sp³-hybridized carbons (Fsp3) is 0.273. The highest BCUT2D eigenvalue weighted by Gasteiger charge is 2.21. The molecule has 0 atom stereocenters. The fourth-order valence-electron chi connectivity index (χ4n) is 1.82. The number of halogens is 2. The summed E-state index contributed by atoms with van der Waals surface area (Å²) in [6.07, 6.45) is 0.696. The van der Waals surface area contributed by atoms with Gasteiger partial charge in [-0.15, -0.1) is 10.2 Å². The number of primary sulfonamides is 1. The lowest BCUT2D eigenvalue weighted by Crippen LogP contribution is -2.19. The van der Waals surface area contributed by atoms with Crippen LogP contribution in [0.15, 0.2) is 23.4 Å². The van der Waals surface area contributed by atoms with Crippen molar-refractivity contribution in [1.82, 2.24) is 14.8 Å². The maximum Gasteiger partial charge on any atom is 0.273 e. The second-order valence-electron chi connectivity index (χ2n) is 4.16. The Morgan fingerprint density at radius 2 is 1.80 bits per heavy atom. The summed E-state index contributed by atoms with van der Waals surface area (Å²) in [5.41, 5.74) is 0.582. The lowest BCUT2D eigenvalue weighted by Gasteiger charge is -2.08. The van der Waals surface area contributed by atoms with Crippen molar-refractivity contribution in [3.05, 3.63) is 28.2 Å². The van der Waals surface area contributed by atoms with Crippen LogP contribution in [0, 0.1) is 0 Å². The van der Waals surface area contributed by atoms with Gasteiger partial charge in [0.2, 0.25) is 0 Å². The zero-order chi connectivity index (χ0) is 14.9. The van der Waals surface area contributed by atoms with E-state index in [1.165, 1.54) is 4.57 Å². The number of nitrogens with two attached hydrogens (primary N) is 1. The van der Waals surface area contributed by atoms with Crippen molar-refractivity contribution < 1.29 is 8.42 Å². The number of hydrogen-bond acceptors (Lipinski definition) is 4. The van der Waals surface area contributed by atoms with Crippen LogP contribution in [-0.2, 0) is 16.6 Å². The molecule has 0 saturated heterocycles. The van der Waals surface area contributed by atoms with E-state index in [0.29, 0.717) is 34.4 Å². The van der Waals surface area contributed by atoms with Crippen LogP contribution in [0.25, 0.3) is 11.4 Å². The van der Waals surface area contributed by atoms with E-state index in [1.54, 1.807) is 18.2 Å². The lowest BCUT2D eigenvalue weighted by molar-refractivity contribution is 0.559. The molecule has 1 aromatic heterocycles. The van der Waals surface area contributed by atoms with E-state index in [0.717, 1.165) is 0 Å². The van der Waals surface area contributed by atoms with Crippen LogP contribution >= 0.6 is 23.2 Å². The molecule has 0 saturated carbocycles. The molecule has 108 valence electrons. The third kappa shape index (κ3) is 3.12. The first-order valence-corrected chi connectivity index (χ1v) is 8.05. The van der Waals surface area contributed by atoms with E-state index in [-0.39, 0.29) is 5.16 Å². The molecule has 9 heteroatoms. The van der Waals surface area contributed by atoms with E-state index in [4.69, 9.17) is 28.3 Å². The lowest BCUT2D eigenvalue weighted by atomic mass is 10.2. The molecule has 0 aliphatic carbocycles. The van der Waals surface area contributed by atoms with E-state index in [2.05, 4.69) is 10.2 Å². The van der Waals surface area contributed by atoms with Crippen molar-refractivity contribution in [2.24, 2.45) is 5.14 Å². The SMILES string of the molecule is CCCn1c(-c2cc(Cl)cc(Cl)c2)nnc1S(N)(=O)=O. The van der Waals surface area contributed by atoms with Gasteiger partial charge in [-0.25, -0.2) is 13.6 Å². The van der Waals surface area contributed by atoms with E-state index in [9.17, 15) is 8.42 Å². The molecule has 1 heterocycles. The zero-order valence-corrected chi connectivity index (χ0v) is 12.9. The summed E-state index contributed by atoms with van der Waals surface area (Å²) in [5.74, 6) is 0.361. The maximum atomic E-state index is 11.5. The Labute approximate surface area is 126 Å². The summed E-state index contributed by atoms with van der Waals surface area (Å²) in [6, 6.07) is 4.85. The van der Waals surface area contributed by atoms with Crippen LogP contribution in [0.4, 0.5) is 0 Å². The monoisotopic (exact) mass is 334 g/mol. The van der Waals surface area contributed by atoms with Crippen molar-refractivity contribution in [3.8, 4) is 11.4 Å². The summed E-state index contributed by atoms with van der Waals surface area (Å²) in [6.45, 7) is 2.32. The third-order valence-electron chi connectivity index (χ3n) is 2.54. The van der Waals surface area contributed by atoms with Gasteiger partial charge in [0.25, 0.3) is 15.2 Å². The first-order chi connectivity index (χ1) is 9.32. The molecule has 1 aromatic carbocycles. The van der Waals surface area contributed by atoms with E-state index in [1.807, 2.05) is 6.92 Å². The Kier molecular flexibility index (Phi) is 4.33. The number of aromatic nitrogens is 3. The molecule has 0 aliphatic rings. The first kappa shape index (κ1) is 15.2. The quantitative estimate of drug-likeness (QED) is 0.928. The Morgan fingerprint density at radius 1 is 1.20 bits per heavy atom. The molecule has 0 fully saturated rings. The van der Waals surface area contributed by atoms with Crippen molar-refractivity contribution in [1.29, 1.82) is 0 Å². The molecule has 2 N–H and O–H groups in total. The summed E-state index contributed by atoms with van der Waals surface area (Å²) in [7, 11) is -3.94. The van der Waals surface area contributed by atoms with Gasteiger partial charge >= 0.3 is 0 Å². The smallest absolute Gasteiger partial charge is 0.273 e. The van der Waals surface area contributed by atoms with Crippen LogP contribution in [-0.4, -0.2) is 23.2 Å². The first-order valence-electron chi connectivity index (χ1n) is 5.75. The molecule has 20 heavy (non-hydrogen) atoms. The average molecular weight is 335 g/mol. The molecular formula is C11H12Cl2N4O2S. The van der Waals surface area contributed by atoms with Gasteiger partial charge in [-0.1, -0.05) is 30.1 Å². The predicted octanol–water partition coefficient (Wildman–Crippen LogP) is 2.31. The number of rotatable bonds is 4. The van der Waals surface area contributed by atoms with Gasteiger partial charge in [-0.2, -0.15) is 0 Å². The normalized spacial score (nSPS) is 11.8. The van der Waals surface area contributed by atoms with Gasteiger partial charge in [0.1, 0.15) is 0 Å². The van der Waals surface area contributed by atoms with Crippen molar-refractivity contribution >= 4 is 33.2 Å². The van der Waals surface area contributed by atoms with Gasteiger partial charge in [0.05, 0.1) is 0 Å².